The van der Waals surface area contributed by atoms with Crippen molar-refractivity contribution in [3.63, 3.8) is 0 Å². The molecule has 0 aliphatic carbocycles. The molecule has 84 valence electrons. The maximum atomic E-state index is 5.80. The topological polar surface area (TPSA) is 47.3 Å². The van der Waals surface area contributed by atoms with Crippen molar-refractivity contribution in [2.24, 2.45) is 0 Å². The zero-order valence-electron chi connectivity index (χ0n) is 9.19. The van der Waals surface area contributed by atoms with Gasteiger partial charge in [-0.25, -0.2) is 4.98 Å². The highest BCUT2D eigenvalue weighted by Crippen LogP contribution is 2.30. The van der Waals surface area contributed by atoms with Crippen LogP contribution in [-0.4, -0.2) is 25.2 Å². The Labute approximate surface area is 93.6 Å². The molecule has 16 heavy (non-hydrogen) atoms. The zero-order chi connectivity index (χ0) is 11.0. The Morgan fingerprint density at radius 3 is 3.19 bits per heavy atom. The van der Waals surface area contributed by atoms with Crippen molar-refractivity contribution in [2.75, 3.05) is 20.2 Å². The number of methoxy groups -OCH3 is 1. The van der Waals surface area contributed by atoms with E-state index < -0.39 is 0 Å². The van der Waals surface area contributed by atoms with E-state index >= 15 is 0 Å². The number of benzene rings is 1. The molecule has 0 spiro atoms. The molecule has 2 aromatic rings. The average molecular weight is 218 g/mol. The summed E-state index contributed by atoms with van der Waals surface area (Å²) < 4.78 is 11.1. The molecule has 0 amide bonds. The number of hydrogen-bond donors (Lipinski definition) is 1. The molecule has 1 saturated heterocycles. The molecule has 1 aromatic carbocycles. The van der Waals surface area contributed by atoms with Crippen LogP contribution in [0.2, 0.25) is 0 Å². The van der Waals surface area contributed by atoms with Crippen molar-refractivity contribution >= 4 is 11.1 Å². The van der Waals surface area contributed by atoms with Crippen LogP contribution in [0.25, 0.3) is 11.1 Å². The third-order valence-electron chi connectivity index (χ3n) is 3.02. The van der Waals surface area contributed by atoms with Gasteiger partial charge in [-0.05, 0) is 25.1 Å². The summed E-state index contributed by atoms with van der Waals surface area (Å²) >= 11 is 0. The quantitative estimate of drug-likeness (QED) is 0.836. The first kappa shape index (κ1) is 9.66. The monoisotopic (exact) mass is 218 g/mol. The highest BCUT2D eigenvalue weighted by Gasteiger charge is 2.22. The predicted octanol–water partition coefficient (Wildman–Crippen LogP) is 1.91. The summed E-state index contributed by atoms with van der Waals surface area (Å²) in [7, 11) is 1.65. The molecule has 1 fully saturated rings. The molecular formula is C12H14N2O2. The SMILES string of the molecule is COc1cccc2nc(C3CCNC3)oc12. The molecule has 0 saturated carbocycles. The normalized spacial score (nSPS) is 20.4. The van der Waals surface area contributed by atoms with E-state index in [0.717, 1.165) is 42.3 Å². The highest BCUT2D eigenvalue weighted by atomic mass is 16.5. The van der Waals surface area contributed by atoms with Gasteiger partial charge in [0.15, 0.2) is 17.2 Å². The van der Waals surface area contributed by atoms with E-state index in [9.17, 15) is 0 Å². The fourth-order valence-electron chi connectivity index (χ4n) is 2.14. The Morgan fingerprint density at radius 2 is 2.44 bits per heavy atom. The minimum Gasteiger partial charge on any atom is -0.493 e. The number of oxazole rings is 1. The van der Waals surface area contributed by atoms with Gasteiger partial charge in [-0.1, -0.05) is 6.07 Å². The fraction of sp³-hybridized carbons (Fsp3) is 0.417. The number of hydrogen-bond acceptors (Lipinski definition) is 4. The van der Waals surface area contributed by atoms with Crippen LogP contribution >= 0.6 is 0 Å². The van der Waals surface area contributed by atoms with Crippen LogP contribution in [0.4, 0.5) is 0 Å². The minimum atomic E-state index is 0.400. The van der Waals surface area contributed by atoms with Crippen molar-refractivity contribution < 1.29 is 9.15 Å². The molecule has 1 aliphatic heterocycles. The standard InChI is InChI=1S/C12H14N2O2/c1-15-10-4-2-3-9-11(10)16-12(14-9)8-5-6-13-7-8/h2-4,8,13H,5-7H2,1H3. The Balaban J connectivity index is 2.07. The van der Waals surface area contributed by atoms with E-state index in [4.69, 9.17) is 9.15 Å². The van der Waals surface area contributed by atoms with Gasteiger partial charge in [0.05, 0.1) is 7.11 Å². The van der Waals surface area contributed by atoms with Crippen LogP contribution in [-0.2, 0) is 0 Å². The van der Waals surface area contributed by atoms with Gasteiger partial charge in [-0.3, -0.25) is 0 Å². The van der Waals surface area contributed by atoms with E-state index in [0.29, 0.717) is 5.92 Å². The van der Waals surface area contributed by atoms with Crippen LogP contribution in [0.15, 0.2) is 22.6 Å². The van der Waals surface area contributed by atoms with Crippen LogP contribution < -0.4 is 10.1 Å². The lowest BCUT2D eigenvalue weighted by atomic mass is 10.1. The zero-order valence-corrected chi connectivity index (χ0v) is 9.19. The predicted molar refractivity (Wildman–Crippen MR) is 60.8 cm³/mol. The summed E-state index contributed by atoms with van der Waals surface area (Å²) in [5.41, 5.74) is 1.63. The summed E-state index contributed by atoms with van der Waals surface area (Å²) in [4.78, 5) is 4.52. The lowest BCUT2D eigenvalue weighted by Crippen LogP contribution is -2.07. The number of nitrogens with zero attached hydrogens (tertiary/aromatic N) is 1. The molecule has 1 aromatic heterocycles. The molecule has 1 atom stereocenters. The van der Waals surface area contributed by atoms with E-state index in [1.807, 2.05) is 18.2 Å². The third-order valence-corrected chi connectivity index (χ3v) is 3.02. The summed E-state index contributed by atoms with van der Waals surface area (Å²) in [6, 6.07) is 5.78. The average Bonchev–Trinajstić information content (AvgIpc) is 2.96. The highest BCUT2D eigenvalue weighted by molar-refractivity contribution is 5.79. The van der Waals surface area contributed by atoms with Crippen molar-refractivity contribution in [3.8, 4) is 5.75 Å². The largest absolute Gasteiger partial charge is 0.493 e. The van der Waals surface area contributed by atoms with Gasteiger partial charge in [0.25, 0.3) is 0 Å². The molecule has 3 rings (SSSR count). The first-order valence-electron chi connectivity index (χ1n) is 5.52. The van der Waals surface area contributed by atoms with E-state index in [1.54, 1.807) is 7.11 Å². The smallest absolute Gasteiger partial charge is 0.200 e. The van der Waals surface area contributed by atoms with Crippen molar-refractivity contribution in [1.29, 1.82) is 0 Å². The van der Waals surface area contributed by atoms with Crippen LogP contribution in [0.3, 0.4) is 0 Å². The molecule has 4 heteroatoms. The van der Waals surface area contributed by atoms with Gasteiger partial charge in [0.1, 0.15) is 5.52 Å². The second-order valence-electron chi connectivity index (χ2n) is 4.05. The Bertz CT molecular complexity index is 501. The Morgan fingerprint density at radius 1 is 1.50 bits per heavy atom. The summed E-state index contributed by atoms with van der Waals surface area (Å²) in [5, 5.41) is 3.31. The van der Waals surface area contributed by atoms with Crippen molar-refractivity contribution in [2.45, 2.75) is 12.3 Å². The molecule has 1 N–H and O–H groups in total. The first-order chi connectivity index (χ1) is 7.88. The van der Waals surface area contributed by atoms with Gasteiger partial charge in [0.2, 0.25) is 0 Å². The Kier molecular flexibility index (Phi) is 2.29. The molecular weight excluding hydrogens is 204 g/mol. The van der Waals surface area contributed by atoms with Gasteiger partial charge in [0, 0.05) is 12.5 Å². The molecule has 0 bridgehead atoms. The number of para-hydroxylation sites is 1. The van der Waals surface area contributed by atoms with Crippen LogP contribution in [0.1, 0.15) is 18.2 Å². The number of nitrogens with one attached hydrogen (secondary N) is 1. The molecule has 1 unspecified atom stereocenters. The summed E-state index contributed by atoms with van der Waals surface area (Å²) in [5.74, 6) is 1.98. The van der Waals surface area contributed by atoms with E-state index in [2.05, 4.69) is 10.3 Å². The maximum absolute atomic E-state index is 5.80. The molecule has 2 heterocycles. The van der Waals surface area contributed by atoms with Crippen LogP contribution in [0.5, 0.6) is 5.75 Å². The van der Waals surface area contributed by atoms with E-state index in [-0.39, 0.29) is 0 Å². The van der Waals surface area contributed by atoms with Gasteiger partial charge >= 0.3 is 0 Å². The van der Waals surface area contributed by atoms with Crippen molar-refractivity contribution in [1.82, 2.24) is 10.3 Å². The maximum Gasteiger partial charge on any atom is 0.200 e. The second kappa shape index (κ2) is 3.79. The minimum absolute atomic E-state index is 0.400. The summed E-state index contributed by atoms with van der Waals surface area (Å²) in [6.45, 7) is 2.00. The first-order valence-corrected chi connectivity index (χ1v) is 5.52. The fourth-order valence-corrected chi connectivity index (χ4v) is 2.14. The van der Waals surface area contributed by atoms with Crippen molar-refractivity contribution in [3.05, 3.63) is 24.1 Å². The molecule has 0 radical (unpaired) electrons. The van der Waals surface area contributed by atoms with Crippen LogP contribution in [0, 0.1) is 0 Å². The number of ether oxygens (including phenoxy) is 1. The van der Waals surface area contributed by atoms with E-state index in [1.165, 1.54) is 0 Å². The lowest BCUT2D eigenvalue weighted by molar-refractivity contribution is 0.403. The second-order valence-corrected chi connectivity index (χ2v) is 4.05. The number of fused-ring (bicyclic) bond motifs is 1. The lowest BCUT2D eigenvalue weighted by Gasteiger charge is -2.00. The van der Waals surface area contributed by atoms with Gasteiger partial charge in [-0.2, -0.15) is 0 Å². The Hall–Kier alpha value is -1.55. The third kappa shape index (κ3) is 1.46. The summed E-state index contributed by atoms with van der Waals surface area (Å²) in [6.07, 6.45) is 1.09. The number of rotatable bonds is 2. The van der Waals surface area contributed by atoms with Gasteiger partial charge < -0.3 is 14.5 Å². The molecule has 1 aliphatic rings. The number of aromatic nitrogens is 1. The molecule has 4 nitrogen and oxygen atoms in total. The van der Waals surface area contributed by atoms with Gasteiger partial charge in [-0.15, -0.1) is 0 Å².